The van der Waals surface area contributed by atoms with Crippen LogP contribution in [0.3, 0.4) is 0 Å². The fourth-order valence-corrected chi connectivity index (χ4v) is 3.52. The lowest BCUT2D eigenvalue weighted by atomic mass is 10.1. The summed E-state index contributed by atoms with van der Waals surface area (Å²) in [5.41, 5.74) is 2.21. The minimum atomic E-state index is -1.00. The third-order valence-corrected chi connectivity index (χ3v) is 4.95. The molecule has 150 valence electrons. The number of hydrogen-bond acceptors (Lipinski definition) is 5. The lowest BCUT2D eigenvalue weighted by Gasteiger charge is -2.08. The quantitative estimate of drug-likeness (QED) is 0.389. The monoisotopic (exact) mass is 402 g/mol. The van der Waals surface area contributed by atoms with Gasteiger partial charge in [0.05, 0.1) is 4.92 Å². The SMILES string of the molecule is Cc1c(C=Cc2nc(O)c([N+](=O)[O-])c(=O)[nH]2)c2ccccc2n1Cc1ccccc1. The van der Waals surface area contributed by atoms with Crippen LogP contribution >= 0.6 is 0 Å². The van der Waals surface area contributed by atoms with E-state index >= 15 is 0 Å². The fourth-order valence-electron chi connectivity index (χ4n) is 3.52. The molecule has 0 unspecified atom stereocenters. The number of aromatic nitrogens is 3. The van der Waals surface area contributed by atoms with Gasteiger partial charge in [-0.05, 0) is 30.7 Å². The average Bonchev–Trinajstić information content (AvgIpc) is 2.98. The second-order valence-corrected chi connectivity index (χ2v) is 6.80. The number of nitrogens with one attached hydrogen (secondary N) is 1. The lowest BCUT2D eigenvalue weighted by Crippen LogP contribution is -2.14. The highest BCUT2D eigenvalue weighted by Gasteiger charge is 2.21. The first kappa shape index (κ1) is 19.1. The molecule has 2 aromatic heterocycles. The molecule has 8 nitrogen and oxygen atoms in total. The molecule has 0 aliphatic carbocycles. The summed E-state index contributed by atoms with van der Waals surface area (Å²) in [5.74, 6) is -0.881. The van der Waals surface area contributed by atoms with Crippen molar-refractivity contribution in [2.24, 2.45) is 0 Å². The van der Waals surface area contributed by atoms with Crippen LogP contribution in [0.5, 0.6) is 5.88 Å². The Labute approximate surface area is 170 Å². The molecule has 2 aromatic carbocycles. The Hall–Kier alpha value is -4.20. The highest BCUT2D eigenvalue weighted by Crippen LogP contribution is 2.28. The Bertz CT molecular complexity index is 1340. The third kappa shape index (κ3) is 3.46. The van der Waals surface area contributed by atoms with Crippen LogP contribution in [-0.2, 0) is 6.54 Å². The first-order valence-corrected chi connectivity index (χ1v) is 9.23. The molecule has 2 N–H and O–H groups in total. The Balaban J connectivity index is 1.78. The van der Waals surface area contributed by atoms with E-state index in [2.05, 4.69) is 26.7 Å². The number of nitro groups is 1. The van der Waals surface area contributed by atoms with Gasteiger partial charge in [0.15, 0.2) is 0 Å². The van der Waals surface area contributed by atoms with Crippen LogP contribution < -0.4 is 5.56 Å². The molecule has 8 heteroatoms. The predicted molar refractivity (Wildman–Crippen MR) is 114 cm³/mol. The predicted octanol–water partition coefficient (Wildman–Crippen LogP) is 3.87. The van der Waals surface area contributed by atoms with E-state index in [4.69, 9.17) is 0 Å². The van der Waals surface area contributed by atoms with Gasteiger partial charge in [0.1, 0.15) is 5.82 Å². The summed E-state index contributed by atoms with van der Waals surface area (Å²) in [6, 6.07) is 18.1. The van der Waals surface area contributed by atoms with E-state index in [0.717, 1.165) is 22.2 Å². The molecule has 2 heterocycles. The summed E-state index contributed by atoms with van der Waals surface area (Å²) in [5, 5.41) is 21.6. The summed E-state index contributed by atoms with van der Waals surface area (Å²) >= 11 is 0. The van der Waals surface area contributed by atoms with Crippen molar-refractivity contribution in [1.82, 2.24) is 14.5 Å². The van der Waals surface area contributed by atoms with Crippen molar-refractivity contribution in [3.05, 3.63) is 97.7 Å². The number of H-pyrrole nitrogens is 1. The highest BCUT2D eigenvalue weighted by molar-refractivity contribution is 5.93. The maximum Gasteiger partial charge on any atom is 0.395 e. The van der Waals surface area contributed by atoms with Gasteiger partial charge in [0.2, 0.25) is 0 Å². The van der Waals surface area contributed by atoms with Crippen LogP contribution in [0.25, 0.3) is 23.1 Å². The van der Waals surface area contributed by atoms with E-state index in [-0.39, 0.29) is 5.82 Å². The van der Waals surface area contributed by atoms with Crippen LogP contribution in [0.1, 0.15) is 22.6 Å². The van der Waals surface area contributed by atoms with E-state index in [1.54, 1.807) is 6.08 Å². The molecule has 4 rings (SSSR count). The summed E-state index contributed by atoms with van der Waals surface area (Å²) in [6.45, 7) is 2.71. The van der Waals surface area contributed by atoms with E-state index in [9.17, 15) is 20.0 Å². The molecule has 0 bridgehead atoms. The van der Waals surface area contributed by atoms with E-state index in [1.807, 2.05) is 49.4 Å². The normalized spacial score (nSPS) is 11.4. The van der Waals surface area contributed by atoms with Crippen molar-refractivity contribution in [1.29, 1.82) is 0 Å². The van der Waals surface area contributed by atoms with Crippen LogP contribution in [0.15, 0.2) is 59.4 Å². The van der Waals surface area contributed by atoms with Gasteiger partial charge in [-0.15, -0.1) is 0 Å². The van der Waals surface area contributed by atoms with Gasteiger partial charge in [-0.25, -0.2) is 0 Å². The summed E-state index contributed by atoms with van der Waals surface area (Å²) in [7, 11) is 0. The van der Waals surface area contributed by atoms with Gasteiger partial charge in [-0.3, -0.25) is 14.9 Å². The summed E-state index contributed by atoms with van der Waals surface area (Å²) in [4.78, 5) is 27.8. The molecule has 0 spiro atoms. The van der Waals surface area contributed by atoms with Crippen molar-refractivity contribution in [2.75, 3.05) is 0 Å². The number of rotatable bonds is 5. The van der Waals surface area contributed by atoms with Crippen LogP contribution in [0, 0.1) is 17.0 Å². The number of benzene rings is 2. The molecule has 0 amide bonds. The first-order chi connectivity index (χ1) is 14.5. The number of nitrogens with zero attached hydrogens (tertiary/aromatic N) is 3. The van der Waals surface area contributed by atoms with E-state index in [1.165, 1.54) is 11.6 Å². The average molecular weight is 402 g/mol. The number of hydrogen-bond donors (Lipinski definition) is 2. The molecular formula is C22H18N4O4. The summed E-state index contributed by atoms with van der Waals surface area (Å²) < 4.78 is 2.20. The molecule has 0 saturated carbocycles. The van der Waals surface area contributed by atoms with Crippen molar-refractivity contribution in [3.63, 3.8) is 0 Å². The topological polar surface area (TPSA) is 114 Å². The fraction of sp³-hybridized carbons (Fsp3) is 0.0909. The van der Waals surface area contributed by atoms with Gasteiger partial charge in [-0.2, -0.15) is 4.98 Å². The van der Waals surface area contributed by atoms with Gasteiger partial charge in [0, 0.05) is 28.7 Å². The second-order valence-electron chi connectivity index (χ2n) is 6.80. The Morgan fingerprint density at radius 3 is 2.53 bits per heavy atom. The number of aromatic amines is 1. The maximum atomic E-state index is 11.9. The zero-order valence-electron chi connectivity index (χ0n) is 16.1. The van der Waals surface area contributed by atoms with E-state index < -0.39 is 22.0 Å². The maximum absolute atomic E-state index is 11.9. The zero-order valence-corrected chi connectivity index (χ0v) is 16.1. The molecule has 0 aliphatic heterocycles. The molecule has 0 aliphatic rings. The Morgan fingerprint density at radius 1 is 1.13 bits per heavy atom. The van der Waals surface area contributed by atoms with Gasteiger partial charge in [0.25, 0.3) is 5.88 Å². The molecule has 0 radical (unpaired) electrons. The van der Waals surface area contributed by atoms with Gasteiger partial charge >= 0.3 is 11.2 Å². The van der Waals surface area contributed by atoms with Crippen LogP contribution in [-0.4, -0.2) is 24.6 Å². The van der Waals surface area contributed by atoms with Gasteiger partial charge in [-0.1, -0.05) is 48.5 Å². The highest BCUT2D eigenvalue weighted by atomic mass is 16.6. The molecule has 0 fully saturated rings. The van der Waals surface area contributed by atoms with Crippen molar-refractivity contribution >= 4 is 28.7 Å². The first-order valence-electron chi connectivity index (χ1n) is 9.23. The van der Waals surface area contributed by atoms with Crippen LogP contribution in [0.4, 0.5) is 5.69 Å². The molecule has 4 aromatic rings. The van der Waals surface area contributed by atoms with Crippen molar-refractivity contribution < 1.29 is 10.0 Å². The lowest BCUT2D eigenvalue weighted by molar-refractivity contribution is -0.387. The minimum absolute atomic E-state index is 0.0300. The second kappa shape index (κ2) is 7.67. The number of aromatic hydroxyl groups is 1. The zero-order chi connectivity index (χ0) is 21.3. The molecular weight excluding hydrogens is 384 g/mol. The largest absolute Gasteiger partial charge is 0.488 e. The number of para-hydroxylation sites is 1. The molecule has 0 saturated heterocycles. The molecule has 0 atom stereocenters. The van der Waals surface area contributed by atoms with Crippen molar-refractivity contribution in [3.8, 4) is 5.88 Å². The van der Waals surface area contributed by atoms with Crippen molar-refractivity contribution in [2.45, 2.75) is 13.5 Å². The molecule has 30 heavy (non-hydrogen) atoms. The standard InChI is InChI=1S/C22H18N4O4/c1-14-16(11-12-19-23-21(27)20(26(29)30)22(28)24-19)17-9-5-6-10-18(17)25(14)13-15-7-3-2-4-8-15/h2-12H,13H2,1H3,(H2,23,24,27,28). The summed E-state index contributed by atoms with van der Waals surface area (Å²) in [6.07, 6.45) is 3.30. The van der Waals surface area contributed by atoms with E-state index in [0.29, 0.717) is 6.54 Å². The smallest absolute Gasteiger partial charge is 0.395 e. The minimum Gasteiger partial charge on any atom is -0.488 e. The third-order valence-electron chi connectivity index (χ3n) is 4.95. The van der Waals surface area contributed by atoms with Crippen LogP contribution in [0.2, 0.25) is 0 Å². The number of fused-ring (bicyclic) bond motifs is 1. The Morgan fingerprint density at radius 2 is 1.83 bits per heavy atom. The van der Waals surface area contributed by atoms with Gasteiger partial charge < -0.3 is 14.7 Å². The Kier molecular flexibility index (Phi) is 4.89.